The van der Waals surface area contributed by atoms with E-state index in [9.17, 15) is 0 Å². The highest BCUT2D eigenvalue weighted by Gasteiger charge is 2.20. The number of hydrogen-bond donors (Lipinski definition) is 1. The van der Waals surface area contributed by atoms with Crippen LogP contribution in [-0.4, -0.2) is 38.3 Å². The summed E-state index contributed by atoms with van der Waals surface area (Å²) in [5, 5.41) is 3.64. The second kappa shape index (κ2) is 6.92. The first kappa shape index (κ1) is 14.4. The number of nitrogens with one attached hydrogen (secondary N) is 1. The van der Waals surface area contributed by atoms with Crippen molar-refractivity contribution in [2.24, 2.45) is 0 Å². The van der Waals surface area contributed by atoms with Crippen molar-refractivity contribution in [1.29, 1.82) is 0 Å². The Morgan fingerprint density at radius 3 is 2.26 bits per heavy atom. The largest absolute Gasteiger partial charge is 0.382 e. The number of hydrogen-bond acceptors (Lipinski definition) is 3. The van der Waals surface area contributed by atoms with Crippen LogP contribution in [0.15, 0.2) is 24.3 Å². The third kappa shape index (κ3) is 4.51. The molecule has 1 N–H and O–H groups in total. The third-order valence-electron chi connectivity index (χ3n) is 3.83. The third-order valence-corrected chi connectivity index (χ3v) is 3.83. The van der Waals surface area contributed by atoms with Crippen molar-refractivity contribution in [3.63, 3.8) is 0 Å². The molecule has 0 spiro atoms. The Labute approximate surface area is 116 Å². The van der Waals surface area contributed by atoms with Gasteiger partial charge in [0.1, 0.15) is 0 Å². The van der Waals surface area contributed by atoms with Crippen molar-refractivity contribution in [3.8, 4) is 0 Å². The van der Waals surface area contributed by atoms with Gasteiger partial charge >= 0.3 is 0 Å². The molecular weight excluding hydrogens is 236 g/mol. The first-order chi connectivity index (χ1) is 9.17. The SMILES string of the molecule is COC1CCC(Nc2ccc(CN(C)C)cc2)CC1. The number of rotatable bonds is 5. The number of methoxy groups -OCH3 is 1. The Hall–Kier alpha value is -1.06. The Balaban J connectivity index is 1.83. The van der Waals surface area contributed by atoms with Crippen LogP contribution in [0.1, 0.15) is 31.2 Å². The van der Waals surface area contributed by atoms with Crippen LogP contribution in [0.4, 0.5) is 5.69 Å². The van der Waals surface area contributed by atoms with E-state index < -0.39 is 0 Å². The van der Waals surface area contributed by atoms with E-state index in [-0.39, 0.29) is 0 Å². The maximum Gasteiger partial charge on any atom is 0.0572 e. The molecule has 0 heterocycles. The van der Waals surface area contributed by atoms with Crippen molar-refractivity contribution < 1.29 is 4.74 Å². The Bertz CT molecular complexity index is 367. The van der Waals surface area contributed by atoms with Gasteiger partial charge in [0, 0.05) is 25.4 Å². The lowest BCUT2D eigenvalue weighted by Gasteiger charge is -2.29. The maximum absolute atomic E-state index is 5.41. The van der Waals surface area contributed by atoms with Crippen LogP contribution in [0.2, 0.25) is 0 Å². The average Bonchev–Trinajstić information content (AvgIpc) is 2.41. The standard InChI is InChI=1S/C16H26N2O/c1-18(2)12-13-4-6-14(7-5-13)17-15-8-10-16(19-3)11-9-15/h4-7,15-17H,8-12H2,1-3H3. The van der Waals surface area contributed by atoms with Crippen LogP contribution in [0.5, 0.6) is 0 Å². The Morgan fingerprint density at radius 1 is 1.11 bits per heavy atom. The molecule has 0 bridgehead atoms. The summed E-state index contributed by atoms with van der Waals surface area (Å²) in [6.45, 7) is 0.999. The zero-order valence-corrected chi connectivity index (χ0v) is 12.4. The van der Waals surface area contributed by atoms with Gasteiger partial charge in [-0.2, -0.15) is 0 Å². The lowest BCUT2D eigenvalue weighted by atomic mass is 9.93. The van der Waals surface area contributed by atoms with Gasteiger partial charge in [0.25, 0.3) is 0 Å². The zero-order valence-electron chi connectivity index (χ0n) is 12.4. The van der Waals surface area contributed by atoms with Crippen LogP contribution >= 0.6 is 0 Å². The monoisotopic (exact) mass is 262 g/mol. The average molecular weight is 262 g/mol. The van der Waals surface area contributed by atoms with Gasteiger partial charge in [0.15, 0.2) is 0 Å². The second-order valence-electron chi connectivity index (χ2n) is 5.79. The molecule has 19 heavy (non-hydrogen) atoms. The van der Waals surface area contributed by atoms with Crippen LogP contribution in [0.25, 0.3) is 0 Å². The van der Waals surface area contributed by atoms with Crippen LogP contribution in [0, 0.1) is 0 Å². The predicted octanol–water partition coefficient (Wildman–Crippen LogP) is 3.12. The van der Waals surface area contributed by atoms with Gasteiger partial charge in [0.2, 0.25) is 0 Å². The number of anilines is 1. The van der Waals surface area contributed by atoms with Crippen LogP contribution < -0.4 is 5.32 Å². The zero-order chi connectivity index (χ0) is 13.7. The highest BCUT2D eigenvalue weighted by molar-refractivity contribution is 5.45. The molecule has 0 aromatic heterocycles. The van der Waals surface area contributed by atoms with Crippen molar-refractivity contribution in [2.45, 2.75) is 44.4 Å². The van der Waals surface area contributed by atoms with Gasteiger partial charge in [-0.25, -0.2) is 0 Å². The van der Waals surface area contributed by atoms with E-state index in [1.54, 1.807) is 0 Å². The summed E-state index contributed by atoms with van der Waals surface area (Å²) in [5.74, 6) is 0. The summed E-state index contributed by atoms with van der Waals surface area (Å²) < 4.78 is 5.41. The molecule has 0 amide bonds. The molecule has 0 unspecified atom stereocenters. The van der Waals surface area contributed by atoms with E-state index >= 15 is 0 Å². The molecular formula is C16H26N2O. The Kier molecular flexibility index (Phi) is 5.23. The van der Waals surface area contributed by atoms with Crippen molar-refractivity contribution in [3.05, 3.63) is 29.8 Å². The molecule has 1 fully saturated rings. The van der Waals surface area contributed by atoms with E-state index in [0.29, 0.717) is 12.1 Å². The molecule has 0 aliphatic heterocycles. The fourth-order valence-electron chi connectivity index (χ4n) is 2.75. The summed E-state index contributed by atoms with van der Waals surface area (Å²) in [4.78, 5) is 2.19. The molecule has 1 saturated carbocycles. The minimum atomic E-state index is 0.473. The van der Waals surface area contributed by atoms with Gasteiger partial charge in [-0.1, -0.05) is 12.1 Å². The summed E-state index contributed by atoms with van der Waals surface area (Å²) in [6, 6.07) is 9.42. The number of nitrogens with zero attached hydrogens (tertiary/aromatic N) is 1. The number of ether oxygens (including phenoxy) is 1. The minimum Gasteiger partial charge on any atom is -0.382 e. The Morgan fingerprint density at radius 2 is 1.74 bits per heavy atom. The van der Waals surface area contributed by atoms with Crippen molar-refractivity contribution in [2.75, 3.05) is 26.5 Å². The quantitative estimate of drug-likeness (QED) is 0.882. The van der Waals surface area contributed by atoms with Gasteiger partial charge in [-0.3, -0.25) is 0 Å². The molecule has 2 rings (SSSR count). The number of benzene rings is 1. The molecule has 0 saturated heterocycles. The molecule has 3 nitrogen and oxygen atoms in total. The fraction of sp³-hybridized carbons (Fsp3) is 0.625. The molecule has 0 atom stereocenters. The molecule has 0 radical (unpaired) electrons. The predicted molar refractivity (Wildman–Crippen MR) is 80.5 cm³/mol. The maximum atomic E-state index is 5.41. The summed E-state index contributed by atoms with van der Waals surface area (Å²) in [7, 11) is 6.02. The van der Waals surface area contributed by atoms with Crippen LogP contribution in [-0.2, 0) is 11.3 Å². The highest BCUT2D eigenvalue weighted by Crippen LogP contribution is 2.24. The lowest BCUT2D eigenvalue weighted by molar-refractivity contribution is 0.0682. The van der Waals surface area contributed by atoms with E-state index in [0.717, 1.165) is 6.54 Å². The first-order valence-electron chi connectivity index (χ1n) is 7.20. The van der Waals surface area contributed by atoms with E-state index in [1.165, 1.54) is 36.9 Å². The topological polar surface area (TPSA) is 24.5 Å². The second-order valence-corrected chi connectivity index (χ2v) is 5.79. The molecule has 3 heteroatoms. The molecule has 1 aromatic carbocycles. The highest BCUT2D eigenvalue weighted by atomic mass is 16.5. The van der Waals surface area contributed by atoms with Gasteiger partial charge in [-0.05, 0) is 57.5 Å². The van der Waals surface area contributed by atoms with E-state index in [1.807, 2.05) is 7.11 Å². The first-order valence-corrected chi connectivity index (χ1v) is 7.20. The summed E-state index contributed by atoms with van der Waals surface area (Å²) in [6.07, 6.45) is 5.23. The molecule has 1 aliphatic carbocycles. The van der Waals surface area contributed by atoms with Gasteiger partial charge < -0.3 is 15.0 Å². The van der Waals surface area contributed by atoms with Crippen molar-refractivity contribution >= 4 is 5.69 Å². The van der Waals surface area contributed by atoms with Gasteiger partial charge in [-0.15, -0.1) is 0 Å². The van der Waals surface area contributed by atoms with Crippen molar-refractivity contribution in [1.82, 2.24) is 4.90 Å². The van der Waals surface area contributed by atoms with E-state index in [2.05, 4.69) is 48.6 Å². The van der Waals surface area contributed by atoms with Gasteiger partial charge in [0.05, 0.1) is 6.10 Å². The fourth-order valence-corrected chi connectivity index (χ4v) is 2.75. The summed E-state index contributed by atoms with van der Waals surface area (Å²) in [5.41, 5.74) is 2.60. The van der Waals surface area contributed by atoms with E-state index in [4.69, 9.17) is 4.74 Å². The normalized spacial score (nSPS) is 23.6. The summed E-state index contributed by atoms with van der Waals surface area (Å²) >= 11 is 0. The molecule has 1 aliphatic rings. The lowest BCUT2D eigenvalue weighted by Crippen LogP contribution is -2.29. The minimum absolute atomic E-state index is 0.473. The molecule has 106 valence electrons. The smallest absolute Gasteiger partial charge is 0.0572 e. The molecule has 1 aromatic rings. The van der Waals surface area contributed by atoms with Crippen LogP contribution in [0.3, 0.4) is 0 Å².